The van der Waals surface area contributed by atoms with Crippen LogP contribution in [0.15, 0.2) is 24.3 Å². The van der Waals surface area contributed by atoms with Crippen LogP contribution >= 0.6 is 11.3 Å². The quantitative estimate of drug-likeness (QED) is 0.706. The van der Waals surface area contributed by atoms with Crippen molar-refractivity contribution in [3.8, 4) is 11.6 Å². The van der Waals surface area contributed by atoms with Crippen LogP contribution in [0.4, 0.5) is 0 Å². The van der Waals surface area contributed by atoms with Crippen LogP contribution in [0, 0.1) is 5.92 Å². The van der Waals surface area contributed by atoms with E-state index in [-0.39, 0.29) is 11.9 Å². The molecule has 1 aliphatic heterocycles. The minimum Gasteiger partial charge on any atom is -0.497 e. The molecule has 1 aliphatic rings. The van der Waals surface area contributed by atoms with E-state index in [1.165, 1.54) is 23.3 Å². The molecule has 2 N–H and O–H groups in total. The molecule has 0 unspecified atom stereocenters. The number of hydrogen-bond donors (Lipinski definition) is 2. The summed E-state index contributed by atoms with van der Waals surface area (Å²) in [5, 5.41) is 15.4. The van der Waals surface area contributed by atoms with Crippen molar-refractivity contribution in [2.24, 2.45) is 5.92 Å². The number of fused-ring (bicyclic) bond motifs is 1. The Bertz CT molecular complexity index is 910. The van der Waals surface area contributed by atoms with Gasteiger partial charge in [0, 0.05) is 12.0 Å². The van der Waals surface area contributed by atoms with Crippen LogP contribution in [0.1, 0.15) is 49.0 Å². The summed E-state index contributed by atoms with van der Waals surface area (Å²) >= 11 is 1.55. The maximum Gasteiger partial charge on any atom is 0.235 e. The van der Waals surface area contributed by atoms with E-state index in [9.17, 15) is 5.11 Å². The molecule has 0 aliphatic carbocycles. The predicted octanol–water partition coefficient (Wildman–Crippen LogP) is 2.47. The molecule has 0 amide bonds. The highest BCUT2D eigenvalue weighted by Crippen LogP contribution is 2.35. The maximum atomic E-state index is 10.9. The fourth-order valence-corrected chi connectivity index (χ4v) is 5.08. The second-order valence-electron chi connectivity index (χ2n) is 7.41. The molecule has 7 heteroatoms. The van der Waals surface area contributed by atoms with Crippen LogP contribution in [-0.4, -0.2) is 39.9 Å². The Morgan fingerprint density at radius 2 is 2.00 bits per heavy atom. The Morgan fingerprint density at radius 1 is 1.30 bits per heavy atom. The van der Waals surface area contributed by atoms with E-state index < -0.39 is 0 Å². The largest absolute Gasteiger partial charge is 0.497 e. The van der Waals surface area contributed by atoms with E-state index >= 15 is 0 Å². The van der Waals surface area contributed by atoms with Gasteiger partial charge in [-0.15, -0.1) is 5.10 Å². The summed E-state index contributed by atoms with van der Waals surface area (Å²) in [4.78, 5) is 7.76. The predicted molar refractivity (Wildman–Crippen MR) is 106 cm³/mol. The molecule has 144 valence electrons. The Labute approximate surface area is 163 Å². The molecule has 4 rings (SSSR count). The molecule has 2 aromatic heterocycles. The second kappa shape index (κ2) is 7.48. The number of benzene rings is 1. The maximum absolute atomic E-state index is 10.9. The number of aryl methyl sites for hydroxylation is 1. The van der Waals surface area contributed by atoms with E-state index in [0.717, 1.165) is 46.8 Å². The van der Waals surface area contributed by atoms with Crippen molar-refractivity contribution in [1.29, 1.82) is 0 Å². The zero-order valence-electron chi connectivity index (χ0n) is 16.1. The zero-order valence-corrected chi connectivity index (χ0v) is 16.9. The van der Waals surface area contributed by atoms with Gasteiger partial charge in [-0.1, -0.05) is 25.2 Å². The van der Waals surface area contributed by atoms with E-state index in [1.807, 2.05) is 19.1 Å². The third-order valence-electron chi connectivity index (χ3n) is 5.60. The second-order valence-corrected chi connectivity index (χ2v) is 8.42. The molecule has 0 radical (unpaired) electrons. The molecule has 1 saturated heterocycles. The van der Waals surface area contributed by atoms with Crippen LogP contribution in [0.25, 0.3) is 4.96 Å². The minimum atomic E-state index is 0.0852. The van der Waals surface area contributed by atoms with E-state index in [2.05, 4.69) is 29.1 Å². The van der Waals surface area contributed by atoms with Gasteiger partial charge in [0.25, 0.3) is 0 Å². The lowest BCUT2D eigenvalue weighted by Crippen LogP contribution is -3.13. The Morgan fingerprint density at radius 3 is 2.59 bits per heavy atom. The summed E-state index contributed by atoms with van der Waals surface area (Å²) in [7, 11) is 1.68. The summed E-state index contributed by atoms with van der Waals surface area (Å²) in [6.07, 6.45) is 3.19. The molecule has 1 fully saturated rings. The van der Waals surface area contributed by atoms with Crippen molar-refractivity contribution >= 4 is 16.3 Å². The van der Waals surface area contributed by atoms with Crippen LogP contribution in [0.2, 0.25) is 0 Å². The fraction of sp³-hybridized carbons (Fsp3) is 0.500. The van der Waals surface area contributed by atoms with Gasteiger partial charge in [0.15, 0.2) is 11.9 Å². The average Bonchev–Trinajstić information content (AvgIpc) is 3.23. The molecule has 1 aromatic carbocycles. The van der Waals surface area contributed by atoms with Crippen molar-refractivity contribution in [2.45, 2.75) is 39.2 Å². The molecule has 0 bridgehead atoms. The minimum absolute atomic E-state index is 0.0852. The van der Waals surface area contributed by atoms with Crippen LogP contribution in [-0.2, 0) is 6.42 Å². The lowest BCUT2D eigenvalue weighted by atomic mass is 9.95. The first-order valence-corrected chi connectivity index (χ1v) is 10.5. The number of aromatic nitrogens is 3. The molecule has 3 heterocycles. The summed E-state index contributed by atoms with van der Waals surface area (Å²) in [5.41, 5.74) is 1.19. The molecule has 0 spiro atoms. The van der Waals surface area contributed by atoms with Gasteiger partial charge in [-0.05, 0) is 43.0 Å². The third kappa shape index (κ3) is 3.41. The average molecular weight is 388 g/mol. The van der Waals surface area contributed by atoms with Gasteiger partial charge in [-0.3, -0.25) is 0 Å². The number of ether oxygens (including phenoxy) is 1. The van der Waals surface area contributed by atoms with Gasteiger partial charge >= 0.3 is 0 Å². The highest BCUT2D eigenvalue weighted by molar-refractivity contribution is 7.17. The van der Waals surface area contributed by atoms with Gasteiger partial charge in [-0.25, -0.2) is 4.98 Å². The van der Waals surface area contributed by atoms with E-state index in [0.29, 0.717) is 0 Å². The molecule has 6 nitrogen and oxygen atoms in total. The number of quaternary nitrogens is 1. The molecule has 3 aromatic rings. The molecule has 27 heavy (non-hydrogen) atoms. The number of aromatic hydroxyl groups is 1. The van der Waals surface area contributed by atoms with Gasteiger partial charge in [0.1, 0.15) is 10.6 Å². The number of nitrogens with one attached hydrogen (secondary N) is 1. The summed E-state index contributed by atoms with van der Waals surface area (Å²) in [6.45, 7) is 6.55. The first kappa shape index (κ1) is 18.3. The number of rotatable bonds is 5. The number of thiazole rings is 1. The number of methoxy groups -OCH3 is 1. The van der Waals surface area contributed by atoms with Crippen molar-refractivity contribution in [3.63, 3.8) is 0 Å². The Kier molecular flexibility index (Phi) is 5.06. The van der Waals surface area contributed by atoms with Crippen LogP contribution in [0.5, 0.6) is 11.6 Å². The molecular formula is C20H27N4O2S+. The number of piperidine rings is 1. The van der Waals surface area contributed by atoms with Gasteiger partial charge in [0.2, 0.25) is 10.8 Å². The van der Waals surface area contributed by atoms with Gasteiger partial charge < -0.3 is 14.7 Å². The van der Waals surface area contributed by atoms with Crippen molar-refractivity contribution in [1.82, 2.24) is 14.6 Å². The smallest absolute Gasteiger partial charge is 0.235 e. The normalized spacial score (nSPS) is 21.4. The Hall–Kier alpha value is -2.12. The number of nitrogens with zero attached hydrogens (tertiary/aromatic N) is 3. The van der Waals surface area contributed by atoms with Crippen LogP contribution in [0.3, 0.4) is 0 Å². The first-order valence-electron chi connectivity index (χ1n) is 9.66. The topological polar surface area (TPSA) is 64.1 Å². The van der Waals surface area contributed by atoms with Crippen LogP contribution < -0.4 is 9.64 Å². The molecular weight excluding hydrogens is 360 g/mol. The van der Waals surface area contributed by atoms with Gasteiger partial charge in [-0.2, -0.15) is 4.52 Å². The lowest BCUT2D eigenvalue weighted by Gasteiger charge is -2.33. The lowest BCUT2D eigenvalue weighted by molar-refractivity contribution is -0.931. The van der Waals surface area contributed by atoms with Crippen molar-refractivity contribution < 1.29 is 14.7 Å². The summed E-state index contributed by atoms with van der Waals surface area (Å²) in [5.74, 6) is 2.62. The van der Waals surface area contributed by atoms with E-state index in [4.69, 9.17) is 4.74 Å². The molecule has 0 saturated carbocycles. The number of hydrogen-bond acceptors (Lipinski definition) is 5. The first-order chi connectivity index (χ1) is 13.1. The highest BCUT2D eigenvalue weighted by atomic mass is 32.1. The highest BCUT2D eigenvalue weighted by Gasteiger charge is 2.34. The van der Waals surface area contributed by atoms with Gasteiger partial charge in [0.05, 0.1) is 20.2 Å². The van der Waals surface area contributed by atoms with Crippen molar-refractivity contribution in [2.75, 3.05) is 20.2 Å². The fourth-order valence-electron chi connectivity index (χ4n) is 3.92. The number of likely N-dealkylation sites (tertiary alicyclic amines) is 1. The summed E-state index contributed by atoms with van der Waals surface area (Å²) in [6, 6.07) is 8.31. The zero-order chi connectivity index (χ0) is 19.0. The molecule has 1 atom stereocenters. The third-order valence-corrected chi connectivity index (χ3v) is 6.68. The standard InChI is InChI=1S/C20H26N4O2S/c1-4-16-21-20-24(22-16)19(25)18(27-20)17(23-11-9-13(2)10-12-23)14-5-7-15(26-3)8-6-14/h5-8,13,17,25H,4,9-12H2,1-3H3/p+1/t17-/m0/s1. The van der Waals surface area contributed by atoms with E-state index in [1.54, 1.807) is 23.0 Å². The van der Waals surface area contributed by atoms with Crippen molar-refractivity contribution in [3.05, 3.63) is 40.5 Å². The monoisotopic (exact) mass is 387 g/mol. The Balaban J connectivity index is 1.77. The SMILES string of the molecule is CCc1nc2sc([C@H](c3ccc(OC)cc3)[NH+]3CCC(C)CC3)c(O)n2n1. The summed E-state index contributed by atoms with van der Waals surface area (Å²) < 4.78 is 6.92.